The highest BCUT2D eigenvalue weighted by atomic mass is 16.5. The zero-order chi connectivity index (χ0) is 13.3. The number of para-hydroxylation sites is 1. The molecule has 0 aromatic heterocycles. The minimum Gasteiger partial charge on any atom is -0.489 e. The molecule has 100 valence electrons. The van der Waals surface area contributed by atoms with E-state index >= 15 is 0 Å². The molecule has 2 aromatic rings. The van der Waals surface area contributed by atoms with Crippen LogP contribution in [-0.2, 0) is 13.2 Å². The third kappa shape index (κ3) is 4.39. The number of aliphatic hydroxyl groups excluding tert-OH is 1. The summed E-state index contributed by atoms with van der Waals surface area (Å²) < 4.78 is 5.85. The highest BCUT2D eigenvalue weighted by molar-refractivity contribution is 5.33. The largest absolute Gasteiger partial charge is 0.489 e. The standard InChI is InChI=1S/C16H19NO2/c18-11-10-17-12-15-8-4-5-9-16(15)19-13-14-6-2-1-3-7-14/h1-9,17-18H,10-13H2. The molecular weight excluding hydrogens is 238 g/mol. The van der Waals surface area contributed by atoms with Crippen LogP contribution in [0.15, 0.2) is 54.6 Å². The molecule has 0 saturated carbocycles. The molecule has 2 rings (SSSR count). The Morgan fingerprint density at radius 3 is 2.47 bits per heavy atom. The van der Waals surface area contributed by atoms with Gasteiger partial charge in [-0.25, -0.2) is 0 Å². The van der Waals surface area contributed by atoms with Gasteiger partial charge in [0.25, 0.3) is 0 Å². The topological polar surface area (TPSA) is 41.5 Å². The van der Waals surface area contributed by atoms with Crippen LogP contribution in [-0.4, -0.2) is 18.3 Å². The van der Waals surface area contributed by atoms with E-state index in [0.29, 0.717) is 19.7 Å². The first-order valence-corrected chi connectivity index (χ1v) is 6.46. The van der Waals surface area contributed by atoms with Crippen LogP contribution < -0.4 is 10.1 Å². The van der Waals surface area contributed by atoms with E-state index in [2.05, 4.69) is 5.32 Å². The highest BCUT2D eigenvalue weighted by Crippen LogP contribution is 2.19. The van der Waals surface area contributed by atoms with Crippen molar-refractivity contribution >= 4 is 0 Å². The molecule has 3 nitrogen and oxygen atoms in total. The second-order valence-corrected chi connectivity index (χ2v) is 4.28. The van der Waals surface area contributed by atoms with Crippen LogP contribution in [0.3, 0.4) is 0 Å². The molecular formula is C16H19NO2. The quantitative estimate of drug-likeness (QED) is 0.748. The van der Waals surface area contributed by atoms with E-state index in [9.17, 15) is 0 Å². The summed E-state index contributed by atoms with van der Waals surface area (Å²) in [5.41, 5.74) is 2.26. The van der Waals surface area contributed by atoms with E-state index in [0.717, 1.165) is 16.9 Å². The van der Waals surface area contributed by atoms with Gasteiger partial charge in [-0.05, 0) is 11.6 Å². The molecule has 0 radical (unpaired) electrons. The lowest BCUT2D eigenvalue weighted by Crippen LogP contribution is -2.18. The lowest BCUT2D eigenvalue weighted by Gasteiger charge is -2.12. The molecule has 0 amide bonds. The summed E-state index contributed by atoms with van der Waals surface area (Å²) in [5.74, 6) is 0.886. The van der Waals surface area contributed by atoms with E-state index in [-0.39, 0.29) is 6.61 Å². The van der Waals surface area contributed by atoms with Crippen molar-refractivity contribution in [1.82, 2.24) is 5.32 Å². The first-order valence-electron chi connectivity index (χ1n) is 6.46. The van der Waals surface area contributed by atoms with Gasteiger partial charge in [0, 0.05) is 18.7 Å². The molecule has 0 fully saturated rings. The van der Waals surface area contributed by atoms with Crippen LogP contribution in [0.2, 0.25) is 0 Å². The fraction of sp³-hybridized carbons (Fsp3) is 0.250. The SMILES string of the molecule is OCCNCc1ccccc1OCc1ccccc1. The molecule has 0 aliphatic heterocycles. The van der Waals surface area contributed by atoms with Crippen LogP contribution in [0, 0.1) is 0 Å². The maximum absolute atomic E-state index is 8.77. The average Bonchev–Trinajstić information content (AvgIpc) is 2.48. The van der Waals surface area contributed by atoms with Crippen molar-refractivity contribution in [2.24, 2.45) is 0 Å². The monoisotopic (exact) mass is 257 g/mol. The number of hydrogen-bond donors (Lipinski definition) is 2. The summed E-state index contributed by atoms with van der Waals surface area (Å²) in [7, 11) is 0. The van der Waals surface area contributed by atoms with E-state index in [1.165, 1.54) is 0 Å². The van der Waals surface area contributed by atoms with Gasteiger partial charge >= 0.3 is 0 Å². The summed E-state index contributed by atoms with van der Waals surface area (Å²) in [6.07, 6.45) is 0. The molecule has 0 atom stereocenters. The maximum atomic E-state index is 8.77. The van der Waals surface area contributed by atoms with Gasteiger partial charge in [0.2, 0.25) is 0 Å². The Morgan fingerprint density at radius 2 is 1.68 bits per heavy atom. The predicted molar refractivity (Wildman–Crippen MR) is 76.0 cm³/mol. The number of aliphatic hydroxyl groups is 1. The molecule has 0 saturated heterocycles. The average molecular weight is 257 g/mol. The van der Waals surface area contributed by atoms with Crippen molar-refractivity contribution < 1.29 is 9.84 Å². The molecule has 0 bridgehead atoms. The van der Waals surface area contributed by atoms with E-state index < -0.39 is 0 Å². The molecule has 3 heteroatoms. The molecule has 0 aliphatic rings. The number of ether oxygens (including phenoxy) is 1. The Balaban J connectivity index is 1.95. The third-order valence-electron chi connectivity index (χ3n) is 2.81. The minimum absolute atomic E-state index is 0.146. The maximum Gasteiger partial charge on any atom is 0.124 e. The van der Waals surface area contributed by atoms with Gasteiger partial charge in [-0.15, -0.1) is 0 Å². The van der Waals surface area contributed by atoms with Crippen LogP contribution in [0.4, 0.5) is 0 Å². The van der Waals surface area contributed by atoms with Gasteiger partial charge < -0.3 is 15.2 Å². The lowest BCUT2D eigenvalue weighted by atomic mass is 10.2. The van der Waals surface area contributed by atoms with Crippen LogP contribution in [0.1, 0.15) is 11.1 Å². The zero-order valence-corrected chi connectivity index (χ0v) is 10.9. The van der Waals surface area contributed by atoms with Gasteiger partial charge in [-0.3, -0.25) is 0 Å². The fourth-order valence-corrected chi connectivity index (χ4v) is 1.83. The Hall–Kier alpha value is -1.84. The molecule has 19 heavy (non-hydrogen) atoms. The number of rotatable bonds is 7. The number of benzene rings is 2. The van der Waals surface area contributed by atoms with Crippen molar-refractivity contribution in [3.05, 3.63) is 65.7 Å². The van der Waals surface area contributed by atoms with E-state index in [4.69, 9.17) is 9.84 Å². The molecule has 2 aromatic carbocycles. The van der Waals surface area contributed by atoms with Gasteiger partial charge in [0.1, 0.15) is 12.4 Å². The summed E-state index contributed by atoms with van der Waals surface area (Å²) >= 11 is 0. The number of nitrogens with one attached hydrogen (secondary N) is 1. The Kier molecular flexibility index (Phi) is 5.41. The molecule has 0 heterocycles. The Labute approximate surface area is 113 Å². The van der Waals surface area contributed by atoms with Crippen LogP contribution >= 0.6 is 0 Å². The smallest absolute Gasteiger partial charge is 0.124 e. The van der Waals surface area contributed by atoms with Gasteiger partial charge in [-0.1, -0.05) is 48.5 Å². The Morgan fingerprint density at radius 1 is 0.947 bits per heavy atom. The highest BCUT2D eigenvalue weighted by Gasteiger charge is 2.02. The second kappa shape index (κ2) is 7.56. The van der Waals surface area contributed by atoms with Gasteiger partial charge in [0.15, 0.2) is 0 Å². The second-order valence-electron chi connectivity index (χ2n) is 4.28. The van der Waals surface area contributed by atoms with Crippen molar-refractivity contribution in [2.45, 2.75) is 13.2 Å². The Bertz CT molecular complexity index is 485. The van der Waals surface area contributed by atoms with Crippen molar-refractivity contribution in [3.63, 3.8) is 0 Å². The summed E-state index contributed by atoms with van der Waals surface area (Å²) in [5, 5.41) is 11.9. The van der Waals surface area contributed by atoms with Gasteiger partial charge in [-0.2, -0.15) is 0 Å². The van der Waals surface area contributed by atoms with Crippen molar-refractivity contribution in [3.8, 4) is 5.75 Å². The number of hydrogen-bond acceptors (Lipinski definition) is 3. The lowest BCUT2D eigenvalue weighted by molar-refractivity contribution is 0.288. The molecule has 0 spiro atoms. The van der Waals surface area contributed by atoms with Crippen molar-refractivity contribution in [1.29, 1.82) is 0 Å². The van der Waals surface area contributed by atoms with Crippen LogP contribution in [0.25, 0.3) is 0 Å². The van der Waals surface area contributed by atoms with Gasteiger partial charge in [0.05, 0.1) is 6.61 Å². The predicted octanol–water partition coefficient (Wildman–Crippen LogP) is 2.35. The fourth-order valence-electron chi connectivity index (χ4n) is 1.83. The normalized spacial score (nSPS) is 10.4. The summed E-state index contributed by atoms with van der Waals surface area (Å²) in [4.78, 5) is 0. The summed E-state index contributed by atoms with van der Waals surface area (Å²) in [6.45, 7) is 2.00. The molecule has 0 unspecified atom stereocenters. The van der Waals surface area contributed by atoms with Crippen LogP contribution in [0.5, 0.6) is 5.75 Å². The minimum atomic E-state index is 0.146. The first kappa shape index (κ1) is 13.6. The summed E-state index contributed by atoms with van der Waals surface area (Å²) in [6, 6.07) is 18.1. The third-order valence-corrected chi connectivity index (χ3v) is 2.81. The van der Waals surface area contributed by atoms with Crippen molar-refractivity contribution in [2.75, 3.05) is 13.2 Å². The van der Waals surface area contributed by atoms with E-state index in [1.54, 1.807) is 0 Å². The zero-order valence-electron chi connectivity index (χ0n) is 10.9. The van der Waals surface area contributed by atoms with E-state index in [1.807, 2.05) is 54.6 Å². The first-order chi connectivity index (χ1) is 9.40. The molecule has 0 aliphatic carbocycles. The molecule has 2 N–H and O–H groups in total.